The first-order chi connectivity index (χ1) is 7.61. The van der Waals surface area contributed by atoms with Crippen LogP contribution in [0.4, 0.5) is 11.4 Å². The maximum absolute atomic E-state index is 11.6. The van der Waals surface area contributed by atoms with Crippen molar-refractivity contribution in [1.82, 2.24) is 0 Å². The van der Waals surface area contributed by atoms with E-state index in [2.05, 4.69) is 6.92 Å². The Morgan fingerprint density at radius 2 is 2.19 bits per heavy atom. The van der Waals surface area contributed by atoms with Gasteiger partial charge < -0.3 is 15.4 Å². The molecule has 0 radical (unpaired) electrons. The molecule has 4 nitrogen and oxygen atoms in total. The van der Waals surface area contributed by atoms with Crippen LogP contribution >= 0.6 is 0 Å². The Balaban J connectivity index is 3.17. The van der Waals surface area contributed by atoms with E-state index in [-0.39, 0.29) is 5.97 Å². The Hall–Kier alpha value is -1.71. The third-order valence-electron chi connectivity index (χ3n) is 2.41. The number of nitrogens with two attached hydrogens (primary N) is 1. The summed E-state index contributed by atoms with van der Waals surface area (Å²) < 4.78 is 4.74. The van der Waals surface area contributed by atoms with Gasteiger partial charge in [0.2, 0.25) is 0 Å². The lowest BCUT2D eigenvalue weighted by molar-refractivity contribution is 0.0601. The summed E-state index contributed by atoms with van der Waals surface area (Å²) in [5.74, 6) is -0.356. The van der Waals surface area contributed by atoms with Gasteiger partial charge >= 0.3 is 5.97 Å². The molecule has 88 valence electrons. The smallest absolute Gasteiger partial charge is 0.340 e. The van der Waals surface area contributed by atoms with E-state index in [0.29, 0.717) is 11.3 Å². The number of carbonyl (C=O) groups is 1. The van der Waals surface area contributed by atoms with Crippen LogP contribution in [0.3, 0.4) is 0 Å². The molecule has 2 N–H and O–H groups in total. The highest BCUT2D eigenvalue weighted by Crippen LogP contribution is 2.27. The standard InChI is InChI=1S/C12H18N2O2/c1-4-8-14(2)11-9(12(15)16-3)6-5-7-10(11)13/h5-7H,4,8,13H2,1-3H3. The second kappa shape index (κ2) is 5.39. The molecule has 0 unspecified atom stereocenters. The van der Waals surface area contributed by atoms with E-state index < -0.39 is 0 Å². The zero-order chi connectivity index (χ0) is 12.1. The molecule has 0 aliphatic carbocycles. The van der Waals surface area contributed by atoms with Crippen molar-refractivity contribution >= 4 is 17.3 Å². The highest BCUT2D eigenvalue weighted by Gasteiger charge is 2.16. The van der Waals surface area contributed by atoms with E-state index >= 15 is 0 Å². The highest BCUT2D eigenvalue weighted by molar-refractivity contribution is 5.99. The van der Waals surface area contributed by atoms with Crippen LogP contribution in [0.25, 0.3) is 0 Å². The fourth-order valence-corrected chi connectivity index (χ4v) is 1.71. The first-order valence-corrected chi connectivity index (χ1v) is 5.29. The Kier molecular flexibility index (Phi) is 4.17. The topological polar surface area (TPSA) is 55.6 Å². The molecule has 0 bridgehead atoms. The van der Waals surface area contributed by atoms with Crippen molar-refractivity contribution < 1.29 is 9.53 Å². The normalized spacial score (nSPS) is 9.94. The summed E-state index contributed by atoms with van der Waals surface area (Å²) in [4.78, 5) is 13.6. The molecule has 4 heteroatoms. The molecule has 16 heavy (non-hydrogen) atoms. The van der Waals surface area contributed by atoms with Crippen molar-refractivity contribution in [3.8, 4) is 0 Å². The molecule has 0 fully saturated rings. The molecule has 0 atom stereocenters. The van der Waals surface area contributed by atoms with Crippen LogP contribution in [0.15, 0.2) is 18.2 Å². The van der Waals surface area contributed by atoms with Crippen molar-refractivity contribution in [1.29, 1.82) is 0 Å². The molecule has 1 aromatic carbocycles. The van der Waals surface area contributed by atoms with E-state index in [1.165, 1.54) is 7.11 Å². The van der Waals surface area contributed by atoms with Gasteiger partial charge in [0, 0.05) is 13.6 Å². The fourth-order valence-electron chi connectivity index (χ4n) is 1.71. The van der Waals surface area contributed by atoms with Gasteiger partial charge in [0.25, 0.3) is 0 Å². The van der Waals surface area contributed by atoms with Crippen molar-refractivity contribution in [3.63, 3.8) is 0 Å². The summed E-state index contributed by atoms with van der Waals surface area (Å²) in [6, 6.07) is 5.27. The molecule has 0 amide bonds. The lowest BCUT2D eigenvalue weighted by Crippen LogP contribution is -2.22. The molecule has 1 rings (SSSR count). The molecule has 1 aromatic rings. The number of para-hydroxylation sites is 1. The minimum atomic E-state index is -0.356. The number of hydrogen-bond donors (Lipinski definition) is 1. The first kappa shape index (κ1) is 12.4. The average Bonchev–Trinajstić information content (AvgIpc) is 2.27. The number of esters is 1. The van der Waals surface area contributed by atoms with E-state index in [1.54, 1.807) is 18.2 Å². The van der Waals surface area contributed by atoms with Gasteiger partial charge in [0.1, 0.15) is 0 Å². The third kappa shape index (κ3) is 2.45. The van der Waals surface area contributed by atoms with Crippen LogP contribution < -0.4 is 10.6 Å². The lowest BCUT2D eigenvalue weighted by atomic mass is 10.1. The van der Waals surface area contributed by atoms with Crippen LogP contribution in [0, 0.1) is 0 Å². The first-order valence-electron chi connectivity index (χ1n) is 5.29. The average molecular weight is 222 g/mol. The highest BCUT2D eigenvalue weighted by atomic mass is 16.5. The van der Waals surface area contributed by atoms with Crippen molar-refractivity contribution in [2.45, 2.75) is 13.3 Å². The summed E-state index contributed by atoms with van der Waals surface area (Å²) in [6.07, 6.45) is 0.992. The van der Waals surface area contributed by atoms with Gasteiger partial charge in [0.05, 0.1) is 24.0 Å². The molecule has 0 aromatic heterocycles. The van der Waals surface area contributed by atoms with E-state index in [0.717, 1.165) is 18.7 Å². The number of hydrogen-bond acceptors (Lipinski definition) is 4. The molecule has 0 spiro atoms. The number of anilines is 2. The van der Waals surface area contributed by atoms with Crippen LogP contribution in [0.2, 0.25) is 0 Å². The summed E-state index contributed by atoms with van der Waals surface area (Å²) in [5, 5.41) is 0. The van der Waals surface area contributed by atoms with Crippen molar-refractivity contribution in [2.24, 2.45) is 0 Å². The van der Waals surface area contributed by atoms with Crippen LogP contribution in [0.5, 0.6) is 0 Å². The van der Waals surface area contributed by atoms with Gasteiger partial charge in [-0.25, -0.2) is 4.79 Å². The number of ether oxygens (including phenoxy) is 1. The minimum absolute atomic E-state index is 0.356. The van der Waals surface area contributed by atoms with E-state index in [9.17, 15) is 4.79 Å². The summed E-state index contributed by atoms with van der Waals surface area (Å²) >= 11 is 0. The largest absolute Gasteiger partial charge is 0.465 e. The van der Waals surface area contributed by atoms with Gasteiger partial charge in [0.15, 0.2) is 0 Å². The number of benzene rings is 1. The van der Waals surface area contributed by atoms with Gasteiger partial charge in [-0.1, -0.05) is 13.0 Å². The molecular weight excluding hydrogens is 204 g/mol. The Morgan fingerprint density at radius 3 is 2.75 bits per heavy atom. The van der Waals surface area contributed by atoms with Gasteiger partial charge in [-0.05, 0) is 18.6 Å². The van der Waals surface area contributed by atoms with Gasteiger partial charge in [-0.3, -0.25) is 0 Å². The third-order valence-corrected chi connectivity index (χ3v) is 2.41. The molecule has 0 heterocycles. The Morgan fingerprint density at radius 1 is 1.50 bits per heavy atom. The summed E-state index contributed by atoms with van der Waals surface area (Å²) in [6.45, 7) is 2.92. The predicted octanol–water partition coefficient (Wildman–Crippen LogP) is 1.90. The Bertz CT molecular complexity index is 377. The number of carbonyl (C=O) groups excluding carboxylic acids is 1. The summed E-state index contributed by atoms with van der Waals surface area (Å²) in [5.41, 5.74) is 7.75. The molecule has 0 saturated carbocycles. The quantitative estimate of drug-likeness (QED) is 0.624. The predicted molar refractivity (Wildman–Crippen MR) is 65.8 cm³/mol. The van der Waals surface area contributed by atoms with E-state index in [1.807, 2.05) is 11.9 Å². The second-order valence-corrected chi connectivity index (χ2v) is 3.66. The van der Waals surface area contributed by atoms with Crippen molar-refractivity contribution in [3.05, 3.63) is 23.8 Å². The van der Waals surface area contributed by atoms with Crippen LogP contribution in [-0.4, -0.2) is 26.7 Å². The van der Waals surface area contributed by atoms with Gasteiger partial charge in [-0.15, -0.1) is 0 Å². The SMILES string of the molecule is CCCN(C)c1c(N)cccc1C(=O)OC. The zero-order valence-electron chi connectivity index (χ0n) is 9.99. The number of nitrogens with zero attached hydrogens (tertiary/aromatic N) is 1. The van der Waals surface area contributed by atoms with Crippen LogP contribution in [-0.2, 0) is 4.74 Å². The summed E-state index contributed by atoms with van der Waals surface area (Å²) in [7, 11) is 3.29. The van der Waals surface area contributed by atoms with E-state index in [4.69, 9.17) is 10.5 Å². The molecule has 0 aliphatic rings. The molecular formula is C12H18N2O2. The fraction of sp³-hybridized carbons (Fsp3) is 0.417. The molecule has 0 aliphatic heterocycles. The maximum Gasteiger partial charge on any atom is 0.340 e. The lowest BCUT2D eigenvalue weighted by Gasteiger charge is -2.22. The minimum Gasteiger partial charge on any atom is -0.465 e. The maximum atomic E-state index is 11.6. The monoisotopic (exact) mass is 222 g/mol. The van der Waals surface area contributed by atoms with Crippen molar-refractivity contribution in [2.75, 3.05) is 31.3 Å². The molecule has 0 saturated heterocycles. The Labute approximate surface area is 96.0 Å². The van der Waals surface area contributed by atoms with Gasteiger partial charge in [-0.2, -0.15) is 0 Å². The van der Waals surface area contributed by atoms with Crippen LogP contribution in [0.1, 0.15) is 23.7 Å². The second-order valence-electron chi connectivity index (χ2n) is 3.66. The zero-order valence-corrected chi connectivity index (χ0v) is 9.99. The number of nitrogen functional groups attached to an aromatic ring is 1. The number of rotatable bonds is 4. The number of methoxy groups -OCH3 is 1.